The van der Waals surface area contributed by atoms with Gasteiger partial charge in [0, 0.05) is 12.1 Å². The first kappa shape index (κ1) is 20.7. The Morgan fingerprint density at radius 2 is 1.04 bits per heavy atom. The van der Waals surface area contributed by atoms with Gasteiger partial charge in [0.15, 0.2) is 23.1 Å². The minimum absolute atomic E-state index is 0.403. The highest BCUT2D eigenvalue weighted by Crippen LogP contribution is 2.36. The van der Waals surface area contributed by atoms with Crippen LogP contribution in [0.4, 0.5) is 26.3 Å². The Hall–Kier alpha value is -2.00. The molecule has 0 unspecified atom stereocenters. The lowest BCUT2D eigenvalue weighted by atomic mass is 10.3. The summed E-state index contributed by atoms with van der Waals surface area (Å²) in [6.45, 7) is 0. The van der Waals surface area contributed by atoms with E-state index in [1.54, 1.807) is 0 Å². The van der Waals surface area contributed by atoms with E-state index in [0.29, 0.717) is 12.1 Å². The van der Waals surface area contributed by atoms with Gasteiger partial charge in [-0.2, -0.15) is 8.78 Å². The molecule has 0 radical (unpaired) electrons. The molecule has 2 bridgehead atoms. The zero-order valence-electron chi connectivity index (χ0n) is 13.6. The van der Waals surface area contributed by atoms with Gasteiger partial charge in [0.25, 0.3) is 0 Å². The third-order valence-corrected chi connectivity index (χ3v) is 5.24. The van der Waals surface area contributed by atoms with Crippen LogP contribution in [0.25, 0.3) is 0 Å². The van der Waals surface area contributed by atoms with Crippen molar-refractivity contribution in [2.75, 3.05) is 0 Å². The molecule has 28 heavy (non-hydrogen) atoms. The van der Waals surface area contributed by atoms with Crippen LogP contribution in [0.5, 0.6) is 11.5 Å². The highest BCUT2D eigenvalue weighted by atomic mass is 79.9. The first-order chi connectivity index (χ1) is 13.2. The van der Waals surface area contributed by atoms with E-state index in [4.69, 9.17) is 0 Å². The Bertz CT molecular complexity index is 978. The van der Waals surface area contributed by atoms with Crippen LogP contribution in [-0.2, 0) is 0 Å². The van der Waals surface area contributed by atoms with E-state index in [-0.39, 0.29) is 0 Å². The average Bonchev–Trinajstić information content (AvgIpc) is 3.33. The number of hydrogen-bond acceptors (Lipinski definition) is 1. The lowest BCUT2D eigenvalue weighted by molar-refractivity contribution is 0.373. The molecule has 0 N–H and O–H groups in total. The van der Waals surface area contributed by atoms with E-state index in [2.05, 4.69) is 60.9 Å². The summed E-state index contributed by atoms with van der Waals surface area (Å²) in [5, 5.41) is 0. The van der Waals surface area contributed by atoms with Gasteiger partial charge >= 0.3 is 0 Å². The molecule has 2 aromatic rings. The van der Waals surface area contributed by atoms with Crippen LogP contribution in [0.1, 0.15) is 6.42 Å². The molecule has 0 heterocycles. The van der Waals surface area contributed by atoms with E-state index in [1.165, 1.54) is 17.6 Å². The van der Waals surface area contributed by atoms with Crippen LogP contribution in [0.3, 0.4) is 0 Å². The van der Waals surface area contributed by atoms with Crippen LogP contribution >= 0.6 is 31.9 Å². The van der Waals surface area contributed by atoms with E-state index in [1.807, 2.05) is 0 Å². The van der Waals surface area contributed by atoms with Gasteiger partial charge in [-0.1, -0.05) is 24.3 Å². The van der Waals surface area contributed by atoms with E-state index in [0.717, 1.165) is 0 Å². The van der Waals surface area contributed by atoms with E-state index >= 15 is 0 Å². The quantitative estimate of drug-likeness (QED) is 0.222. The fourth-order valence-electron chi connectivity index (χ4n) is 2.38. The van der Waals surface area contributed by atoms with Crippen molar-refractivity contribution in [2.45, 2.75) is 6.42 Å². The Balaban J connectivity index is 0.000000264. The molecule has 0 spiro atoms. The minimum Gasteiger partial charge on any atom is -0.451 e. The second-order valence-electron chi connectivity index (χ2n) is 5.69. The summed E-state index contributed by atoms with van der Waals surface area (Å²) in [6.07, 6.45) is 9.90. The molecular formula is C19H8Br2F6O. The van der Waals surface area contributed by atoms with Crippen LogP contribution < -0.4 is 4.74 Å². The lowest BCUT2D eigenvalue weighted by Gasteiger charge is -2.11. The summed E-state index contributed by atoms with van der Waals surface area (Å²) in [7, 11) is 0. The second kappa shape index (κ2) is 8.16. The number of allylic oxidation sites excluding steroid dienone is 6. The standard InChI is InChI=1S/C12H2Br2F6O.C7H6/c13-7-3(15)1-5(9(17)11(7)19)21-6-2-4(16)8(14)12(20)10(6)18;1-2-7-4-3-6(1)5-7/h1-2H;1-4H,5H2. The normalized spacial score (nSPS) is 13.9. The first-order valence-corrected chi connectivity index (χ1v) is 9.19. The fraction of sp³-hybridized carbons (Fsp3) is 0.0526. The van der Waals surface area contributed by atoms with Gasteiger partial charge < -0.3 is 4.74 Å². The Labute approximate surface area is 172 Å². The molecule has 4 rings (SSSR count). The zero-order chi connectivity index (χ0) is 20.6. The Kier molecular flexibility index (Phi) is 6.04. The number of halogens is 8. The Morgan fingerprint density at radius 1 is 0.643 bits per heavy atom. The summed E-state index contributed by atoms with van der Waals surface area (Å²) >= 11 is 4.90. The first-order valence-electron chi connectivity index (χ1n) is 7.60. The largest absolute Gasteiger partial charge is 0.451 e. The number of rotatable bonds is 2. The van der Waals surface area contributed by atoms with Crippen LogP contribution in [0.15, 0.2) is 56.5 Å². The monoisotopic (exact) mass is 524 g/mol. The highest BCUT2D eigenvalue weighted by Gasteiger charge is 2.23. The molecular weight excluding hydrogens is 518 g/mol. The molecule has 0 aliphatic heterocycles. The minimum atomic E-state index is -1.65. The molecule has 0 aromatic heterocycles. The van der Waals surface area contributed by atoms with E-state index < -0.39 is 55.3 Å². The molecule has 0 saturated carbocycles. The third kappa shape index (κ3) is 4.05. The maximum atomic E-state index is 13.5. The molecule has 0 saturated heterocycles. The van der Waals surface area contributed by atoms with Crippen molar-refractivity contribution in [3.63, 3.8) is 0 Å². The summed E-state index contributed by atoms with van der Waals surface area (Å²) in [5.74, 6) is -11.1. The van der Waals surface area contributed by atoms with Gasteiger partial charge in [0.1, 0.15) is 11.6 Å². The maximum absolute atomic E-state index is 13.5. The number of fused-ring (bicyclic) bond motifs is 2. The van der Waals surface area contributed by atoms with Crippen molar-refractivity contribution in [3.05, 3.63) is 91.4 Å². The van der Waals surface area contributed by atoms with Gasteiger partial charge in [-0.3, -0.25) is 0 Å². The summed E-state index contributed by atoms with van der Waals surface area (Å²) in [6, 6.07) is 0.805. The SMILES string of the molecule is C1=CC2=CC=C1C2.Fc1cc(Oc2cc(F)c(Br)c(F)c2F)c(F)c(F)c1Br. The summed E-state index contributed by atoms with van der Waals surface area (Å²) in [5.41, 5.74) is 2.94. The van der Waals surface area contributed by atoms with Crippen LogP contribution in [-0.4, -0.2) is 0 Å². The van der Waals surface area contributed by atoms with Crippen molar-refractivity contribution in [2.24, 2.45) is 0 Å². The predicted molar refractivity (Wildman–Crippen MR) is 98.0 cm³/mol. The predicted octanol–water partition coefficient (Wildman–Crippen LogP) is 7.65. The molecule has 2 aliphatic rings. The molecule has 9 heteroatoms. The van der Waals surface area contributed by atoms with Gasteiger partial charge in [0.2, 0.25) is 11.6 Å². The van der Waals surface area contributed by atoms with Crippen molar-refractivity contribution in [3.8, 4) is 11.5 Å². The second-order valence-corrected chi connectivity index (χ2v) is 7.28. The van der Waals surface area contributed by atoms with Gasteiger partial charge in [-0.25, -0.2) is 17.6 Å². The lowest BCUT2D eigenvalue weighted by Crippen LogP contribution is -2.00. The van der Waals surface area contributed by atoms with Crippen molar-refractivity contribution in [1.29, 1.82) is 0 Å². The zero-order valence-corrected chi connectivity index (χ0v) is 16.8. The molecule has 0 atom stereocenters. The molecule has 2 aliphatic carbocycles. The number of hydrogen-bond donors (Lipinski definition) is 0. The smallest absolute Gasteiger partial charge is 0.202 e. The topological polar surface area (TPSA) is 9.23 Å². The van der Waals surface area contributed by atoms with Gasteiger partial charge in [0.05, 0.1) is 8.95 Å². The molecule has 146 valence electrons. The van der Waals surface area contributed by atoms with Crippen LogP contribution in [0, 0.1) is 34.9 Å². The van der Waals surface area contributed by atoms with Crippen molar-refractivity contribution in [1.82, 2.24) is 0 Å². The highest BCUT2D eigenvalue weighted by molar-refractivity contribution is 9.10. The van der Waals surface area contributed by atoms with Crippen molar-refractivity contribution >= 4 is 31.9 Å². The van der Waals surface area contributed by atoms with Gasteiger partial charge in [-0.05, 0) is 49.4 Å². The maximum Gasteiger partial charge on any atom is 0.202 e. The molecule has 1 nitrogen and oxygen atoms in total. The summed E-state index contributed by atoms with van der Waals surface area (Å²) in [4.78, 5) is 0. The molecule has 2 aromatic carbocycles. The summed E-state index contributed by atoms with van der Waals surface area (Å²) < 4.78 is 83.1. The number of benzene rings is 2. The Morgan fingerprint density at radius 3 is 1.32 bits per heavy atom. The third-order valence-electron chi connectivity index (χ3n) is 3.79. The van der Waals surface area contributed by atoms with Crippen molar-refractivity contribution < 1.29 is 31.1 Å². The van der Waals surface area contributed by atoms with E-state index in [9.17, 15) is 26.3 Å². The van der Waals surface area contributed by atoms with Crippen LogP contribution in [0.2, 0.25) is 0 Å². The van der Waals surface area contributed by atoms with Gasteiger partial charge in [-0.15, -0.1) is 0 Å². The number of ether oxygens (including phenoxy) is 1. The average molecular weight is 526 g/mol. The molecule has 0 fully saturated rings. The molecule has 0 amide bonds. The fourth-order valence-corrected chi connectivity index (χ4v) is 2.96.